The third kappa shape index (κ3) is 3.84. The van der Waals surface area contributed by atoms with Gasteiger partial charge in [-0.1, -0.05) is 12.2 Å². The molecule has 2 unspecified atom stereocenters. The van der Waals surface area contributed by atoms with E-state index in [1.54, 1.807) is 11.9 Å². The predicted molar refractivity (Wildman–Crippen MR) is 67.1 cm³/mol. The zero-order valence-electron chi connectivity index (χ0n) is 11.0. The Labute approximate surface area is 107 Å². The van der Waals surface area contributed by atoms with Gasteiger partial charge in [-0.3, -0.25) is 9.59 Å². The molecule has 2 atom stereocenters. The highest BCUT2D eigenvalue weighted by Crippen LogP contribution is 2.27. The minimum atomic E-state index is -0.893. The van der Waals surface area contributed by atoms with Gasteiger partial charge in [0.2, 0.25) is 5.91 Å². The molecule has 5 nitrogen and oxygen atoms in total. The van der Waals surface area contributed by atoms with E-state index in [2.05, 4.69) is 0 Å². The molecule has 0 radical (unpaired) electrons. The molecule has 0 saturated carbocycles. The van der Waals surface area contributed by atoms with Gasteiger partial charge in [0.15, 0.2) is 0 Å². The van der Waals surface area contributed by atoms with Gasteiger partial charge >= 0.3 is 5.97 Å². The highest BCUT2D eigenvalue weighted by Gasteiger charge is 2.35. The summed E-state index contributed by atoms with van der Waals surface area (Å²) in [6.45, 7) is 3.50. The fraction of sp³-hybridized carbons (Fsp3) is 0.692. The van der Waals surface area contributed by atoms with E-state index < -0.39 is 17.8 Å². The van der Waals surface area contributed by atoms with Crippen LogP contribution in [0.1, 0.15) is 19.8 Å². The van der Waals surface area contributed by atoms with Crippen LogP contribution < -0.4 is 0 Å². The van der Waals surface area contributed by atoms with Crippen molar-refractivity contribution in [2.24, 2.45) is 11.8 Å². The number of aliphatic carboxylic acids is 1. The Kier molecular flexibility index (Phi) is 5.85. The van der Waals surface area contributed by atoms with Crippen molar-refractivity contribution in [1.82, 2.24) is 4.90 Å². The lowest BCUT2D eigenvalue weighted by Gasteiger charge is -2.28. The molecule has 1 aliphatic rings. The zero-order valence-corrected chi connectivity index (χ0v) is 11.0. The van der Waals surface area contributed by atoms with Crippen molar-refractivity contribution in [3.63, 3.8) is 0 Å². The molecule has 0 aromatic rings. The maximum absolute atomic E-state index is 12.2. The smallest absolute Gasteiger partial charge is 0.307 e. The van der Waals surface area contributed by atoms with Gasteiger partial charge in [0.05, 0.1) is 18.4 Å². The number of nitrogens with zero attached hydrogens (tertiary/aromatic N) is 1. The summed E-state index contributed by atoms with van der Waals surface area (Å²) in [4.78, 5) is 24.9. The molecule has 0 bridgehead atoms. The van der Waals surface area contributed by atoms with E-state index >= 15 is 0 Å². The Bertz CT molecular complexity index is 327. The summed E-state index contributed by atoms with van der Waals surface area (Å²) >= 11 is 0. The Morgan fingerprint density at radius 3 is 2.50 bits per heavy atom. The van der Waals surface area contributed by atoms with Crippen molar-refractivity contribution in [3.05, 3.63) is 12.2 Å². The van der Waals surface area contributed by atoms with Crippen molar-refractivity contribution in [1.29, 1.82) is 0 Å². The number of hydrogen-bond acceptors (Lipinski definition) is 3. The Hall–Kier alpha value is -1.36. The van der Waals surface area contributed by atoms with Crippen LogP contribution in [0.15, 0.2) is 12.2 Å². The molecule has 102 valence electrons. The van der Waals surface area contributed by atoms with E-state index in [-0.39, 0.29) is 5.91 Å². The van der Waals surface area contributed by atoms with Crippen LogP contribution in [0.2, 0.25) is 0 Å². The highest BCUT2D eigenvalue weighted by molar-refractivity contribution is 5.85. The van der Waals surface area contributed by atoms with Crippen LogP contribution in [0.25, 0.3) is 0 Å². The predicted octanol–water partition coefficient (Wildman–Crippen LogP) is 1.15. The maximum atomic E-state index is 12.2. The van der Waals surface area contributed by atoms with Gasteiger partial charge in [0, 0.05) is 20.2 Å². The average Bonchev–Trinajstić information content (AvgIpc) is 2.38. The van der Waals surface area contributed by atoms with Gasteiger partial charge in [-0.25, -0.2) is 0 Å². The summed E-state index contributed by atoms with van der Waals surface area (Å²) in [6.07, 6.45) is 4.67. The second kappa shape index (κ2) is 7.16. The number of ether oxygens (including phenoxy) is 1. The summed E-state index contributed by atoms with van der Waals surface area (Å²) < 4.78 is 5.19. The molecule has 1 rings (SSSR count). The topological polar surface area (TPSA) is 66.8 Å². The molecule has 0 aromatic carbocycles. The number of hydrogen-bond donors (Lipinski definition) is 1. The van der Waals surface area contributed by atoms with Crippen molar-refractivity contribution in [2.45, 2.75) is 19.8 Å². The van der Waals surface area contributed by atoms with E-state index in [0.29, 0.717) is 32.6 Å². The minimum absolute atomic E-state index is 0.105. The molecule has 1 amide bonds. The number of likely N-dealkylation sites (N-methyl/N-ethyl adjacent to an activating group) is 1. The number of carbonyl (C=O) groups is 2. The van der Waals surface area contributed by atoms with Crippen LogP contribution in [-0.4, -0.2) is 48.7 Å². The van der Waals surface area contributed by atoms with Crippen molar-refractivity contribution in [2.75, 3.05) is 26.8 Å². The second-order valence-electron chi connectivity index (χ2n) is 4.45. The zero-order chi connectivity index (χ0) is 13.5. The summed E-state index contributed by atoms with van der Waals surface area (Å²) in [5.41, 5.74) is 0. The van der Waals surface area contributed by atoms with Crippen LogP contribution in [0, 0.1) is 11.8 Å². The number of carboxylic acids is 1. The van der Waals surface area contributed by atoms with Crippen molar-refractivity contribution in [3.8, 4) is 0 Å². The molecule has 0 heterocycles. The lowest BCUT2D eigenvalue weighted by molar-refractivity contribution is -0.150. The van der Waals surface area contributed by atoms with Gasteiger partial charge in [0.1, 0.15) is 0 Å². The first-order valence-corrected chi connectivity index (χ1v) is 6.28. The van der Waals surface area contributed by atoms with Gasteiger partial charge in [-0.15, -0.1) is 0 Å². The average molecular weight is 255 g/mol. The largest absolute Gasteiger partial charge is 0.481 e. The third-order valence-corrected chi connectivity index (χ3v) is 3.22. The third-order valence-electron chi connectivity index (χ3n) is 3.22. The van der Waals surface area contributed by atoms with Crippen molar-refractivity contribution >= 4 is 11.9 Å². The number of amides is 1. The van der Waals surface area contributed by atoms with Gasteiger partial charge in [0.25, 0.3) is 0 Å². The van der Waals surface area contributed by atoms with E-state index in [9.17, 15) is 9.59 Å². The van der Waals surface area contributed by atoms with Gasteiger partial charge in [-0.2, -0.15) is 0 Å². The maximum Gasteiger partial charge on any atom is 0.307 e. The number of rotatable bonds is 6. The fourth-order valence-electron chi connectivity index (χ4n) is 2.10. The number of carbonyl (C=O) groups excluding carboxylic acids is 1. The monoisotopic (exact) mass is 255 g/mol. The molecule has 0 aromatic heterocycles. The molecule has 1 aliphatic carbocycles. The molecule has 5 heteroatoms. The molecule has 0 saturated heterocycles. The molecule has 18 heavy (non-hydrogen) atoms. The standard InChI is InChI=1S/C13H21NO4/c1-3-18-9-8-14(2)12(15)10-6-4-5-7-11(10)13(16)17/h4-5,10-11H,3,6-9H2,1-2H3,(H,16,17). The first-order valence-electron chi connectivity index (χ1n) is 6.28. The van der Waals surface area contributed by atoms with E-state index in [1.165, 1.54) is 0 Å². The molecule has 1 N–H and O–H groups in total. The summed E-state index contributed by atoms with van der Waals surface area (Å²) in [7, 11) is 1.69. The van der Waals surface area contributed by atoms with Crippen LogP contribution in [-0.2, 0) is 14.3 Å². The SMILES string of the molecule is CCOCCN(C)C(=O)C1CC=CCC1C(=O)O. The Morgan fingerprint density at radius 1 is 1.33 bits per heavy atom. The molecule has 0 aliphatic heterocycles. The Morgan fingerprint density at radius 2 is 1.94 bits per heavy atom. The van der Waals surface area contributed by atoms with Crippen molar-refractivity contribution < 1.29 is 19.4 Å². The van der Waals surface area contributed by atoms with E-state index in [4.69, 9.17) is 9.84 Å². The van der Waals surface area contributed by atoms with E-state index in [0.717, 1.165) is 0 Å². The van der Waals surface area contributed by atoms with Crippen LogP contribution in [0.5, 0.6) is 0 Å². The minimum Gasteiger partial charge on any atom is -0.481 e. The summed E-state index contributed by atoms with van der Waals surface area (Å²) in [5, 5.41) is 9.12. The lowest BCUT2D eigenvalue weighted by atomic mass is 9.82. The number of allylic oxidation sites excluding steroid dienone is 2. The van der Waals surface area contributed by atoms with Crippen LogP contribution in [0.4, 0.5) is 0 Å². The van der Waals surface area contributed by atoms with E-state index in [1.807, 2.05) is 19.1 Å². The summed E-state index contributed by atoms with van der Waals surface area (Å²) in [5.74, 6) is -2.04. The molecule has 0 spiro atoms. The van der Waals surface area contributed by atoms with Gasteiger partial charge < -0.3 is 14.7 Å². The van der Waals surface area contributed by atoms with Crippen LogP contribution in [0.3, 0.4) is 0 Å². The van der Waals surface area contributed by atoms with Gasteiger partial charge in [-0.05, 0) is 19.8 Å². The normalized spacial score (nSPS) is 22.8. The lowest BCUT2D eigenvalue weighted by Crippen LogP contribution is -2.41. The first-order chi connectivity index (χ1) is 8.57. The molecule has 0 fully saturated rings. The summed E-state index contributed by atoms with van der Waals surface area (Å²) in [6, 6.07) is 0. The fourth-order valence-corrected chi connectivity index (χ4v) is 2.10. The number of carboxylic acid groups (broad SMARTS) is 1. The first kappa shape index (κ1) is 14.7. The second-order valence-corrected chi connectivity index (χ2v) is 4.45. The Balaban J connectivity index is 2.57. The molecular formula is C13H21NO4. The quantitative estimate of drug-likeness (QED) is 0.571. The molecular weight excluding hydrogens is 234 g/mol. The highest BCUT2D eigenvalue weighted by atomic mass is 16.5. The van der Waals surface area contributed by atoms with Crippen LogP contribution >= 0.6 is 0 Å².